The van der Waals surface area contributed by atoms with E-state index in [1.807, 2.05) is 6.92 Å². The number of carboxylic acids is 1. The van der Waals surface area contributed by atoms with Crippen molar-refractivity contribution in [1.82, 2.24) is 4.90 Å². The van der Waals surface area contributed by atoms with Gasteiger partial charge < -0.3 is 10.0 Å². The fourth-order valence-corrected chi connectivity index (χ4v) is 1.74. The summed E-state index contributed by atoms with van der Waals surface area (Å²) in [5.74, 6) is -0.892. The molecule has 0 saturated heterocycles. The van der Waals surface area contributed by atoms with Crippen LogP contribution in [0.2, 0.25) is 0 Å². The molecule has 16 heavy (non-hydrogen) atoms. The highest BCUT2D eigenvalue weighted by Gasteiger charge is 2.22. The highest BCUT2D eigenvalue weighted by molar-refractivity contribution is 5.76. The van der Waals surface area contributed by atoms with Gasteiger partial charge in [-0.1, -0.05) is 39.5 Å². The Kier molecular flexibility index (Phi) is 8.58. The molecule has 1 unspecified atom stereocenters. The van der Waals surface area contributed by atoms with E-state index in [2.05, 4.69) is 6.92 Å². The van der Waals surface area contributed by atoms with Gasteiger partial charge in [0, 0.05) is 6.54 Å². The molecule has 1 N–H and O–H groups in total. The molecule has 0 rings (SSSR count). The molecule has 1 atom stereocenters. The van der Waals surface area contributed by atoms with Gasteiger partial charge in [-0.15, -0.1) is 0 Å². The van der Waals surface area contributed by atoms with Gasteiger partial charge in [-0.2, -0.15) is 0 Å². The molecule has 0 aliphatic rings. The van der Waals surface area contributed by atoms with Crippen molar-refractivity contribution in [2.75, 3.05) is 6.54 Å². The minimum absolute atomic E-state index is 0.522. The molecule has 1 amide bonds. The molecule has 0 aromatic carbocycles. The predicted octanol–water partition coefficient (Wildman–Crippen LogP) is 2.28. The second-order valence-corrected chi connectivity index (χ2v) is 4.05. The molecule has 0 radical (unpaired) electrons. The maximum Gasteiger partial charge on any atom is 0.326 e. The van der Waals surface area contributed by atoms with Crippen molar-refractivity contribution >= 4 is 12.4 Å². The van der Waals surface area contributed by atoms with Crippen LogP contribution in [0.3, 0.4) is 0 Å². The zero-order valence-corrected chi connectivity index (χ0v) is 10.3. The van der Waals surface area contributed by atoms with Crippen LogP contribution in [-0.2, 0) is 9.59 Å². The number of unbranched alkanes of at least 4 members (excludes halogenated alkanes) is 3. The summed E-state index contributed by atoms with van der Waals surface area (Å²) in [6, 6.07) is -0.644. The Morgan fingerprint density at radius 1 is 1.25 bits per heavy atom. The van der Waals surface area contributed by atoms with E-state index in [-0.39, 0.29) is 0 Å². The maximum atomic E-state index is 11.0. The van der Waals surface area contributed by atoms with Crippen LogP contribution in [0.1, 0.15) is 52.4 Å². The molecule has 94 valence electrons. The third kappa shape index (κ3) is 5.73. The Balaban J connectivity index is 4.13. The maximum absolute atomic E-state index is 11.0. The number of carbonyl (C=O) groups is 2. The average Bonchev–Trinajstić information content (AvgIpc) is 2.26. The lowest BCUT2D eigenvalue weighted by Crippen LogP contribution is -2.40. The van der Waals surface area contributed by atoms with Crippen molar-refractivity contribution in [3.63, 3.8) is 0 Å². The SMILES string of the molecule is CCCCCCC(C(=O)O)N(C=O)CCC. The highest BCUT2D eigenvalue weighted by Crippen LogP contribution is 2.10. The predicted molar refractivity (Wildman–Crippen MR) is 63.2 cm³/mol. The van der Waals surface area contributed by atoms with Gasteiger partial charge in [0.1, 0.15) is 6.04 Å². The van der Waals surface area contributed by atoms with Crippen molar-refractivity contribution < 1.29 is 14.7 Å². The van der Waals surface area contributed by atoms with Crippen LogP contribution in [0.25, 0.3) is 0 Å². The van der Waals surface area contributed by atoms with E-state index in [1.165, 1.54) is 4.90 Å². The second-order valence-electron chi connectivity index (χ2n) is 4.05. The standard InChI is InChI=1S/C12H23NO3/c1-3-5-6-7-8-11(12(15)16)13(10-14)9-4-2/h10-11H,3-9H2,1-2H3,(H,15,16). The van der Waals surface area contributed by atoms with Crippen LogP contribution in [0.15, 0.2) is 0 Å². The van der Waals surface area contributed by atoms with Crippen molar-refractivity contribution in [3.8, 4) is 0 Å². The van der Waals surface area contributed by atoms with Crippen molar-refractivity contribution in [2.24, 2.45) is 0 Å². The number of carbonyl (C=O) groups excluding carboxylic acids is 1. The average molecular weight is 229 g/mol. The lowest BCUT2D eigenvalue weighted by molar-refractivity contribution is -0.146. The topological polar surface area (TPSA) is 57.6 Å². The summed E-state index contributed by atoms with van der Waals surface area (Å²) >= 11 is 0. The third-order valence-corrected chi connectivity index (χ3v) is 2.63. The summed E-state index contributed by atoms with van der Waals surface area (Å²) in [5, 5.41) is 9.06. The summed E-state index contributed by atoms with van der Waals surface area (Å²) in [7, 11) is 0. The van der Waals surface area contributed by atoms with Crippen LogP contribution < -0.4 is 0 Å². The van der Waals surface area contributed by atoms with Crippen LogP contribution in [0, 0.1) is 0 Å². The molecular weight excluding hydrogens is 206 g/mol. The molecular formula is C12H23NO3. The van der Waals surface area contributed by atoms with E-state index < -0.39 is 12.0 Å². The number of aliphatic carboxylic acids is 1. The van der Waals surface area contributed by atoms with Crippen LogP contribution >= 0.6 is 0 Å². The molecule has 0 saturated carbocycles. The monoisotopic (exact) mass is 229 g/mol. The van der Waals surface area contributed by atoms with Crippen LogP contribution in [0.4, 0.5) is 0 Å². The van der Waals surface area contributed by atoms with E-state index in [1.54, 1.807) is 0 Å². The van der Waals surface area contributed by atoms with Crippen molar-refractivity contribution in [3.05, 3.63) is 0 Å². The zero-order valence-electron chi connectivity index (χ0n) is 10.3. The van der Waals surface area contributed by atoms with E-state index in [0.717, 1.165) is 32.1 Å². The van der Waals surface area contributed by atoms with Crippen LogP contribution in [0.5, 0.6) is 0 Å². The summed E-state index contributed by atoms with van der Waals surface area (Å²) in [6.45, 7) is 4.57. The van der Waals surface area contributed by atoms with Crippen LogP contribution in [-0.4, -0.2) is 35.0 Å². The summed E-state index contributed by atoms with van der Waals surface area (Å²) in [6.07, 6.45) is 6.18. The Morgan fingerprint density at radius 3 is 2.38 bits per heavy atom. The number of hydrogen-bond donors (Lipinski definition) is 1. The van der Waals surface area contributed by atoms with Gasteiger partial charge in [-0.25, -0.2) is 4.79 Å². The molecule has 4 heteroatoms. The fraction of sp³-hybridized carbons (Fsp3) is 0.833. The molecule has 0 bridgehead atoms. The zero-order chi connectivity index (χ0) is 12.4. The first-order valence-corrected chi connectivity index (χ1v) is 6.11. The molecule has 0 fully saturated rings. The van der Waals surface area contributed by atoms with E-state index >= 15 is 0 Å². The van der Waals surface area contributed by atoms with E-state index in [0.29, 0.717) is 19.4 Å². The quantitative estimate of drug-likeness (QED) is 0.462. The van der Waals surface area contributed by atoms with Crippen molar-refractivity contribution in [2.45, 2.75) is 58.4 Å². The summed E-state index contributed by atoms with van der Waals surface area (Å²) in [5.41, 5.74) is 0. The number of hydrogen-bond acceptors (Lipinski definition) is 2. The van der Waals surface area contributed by atoms with Gasteiger partial charge in [-0.3, -0.25) is 4.79 Å². The first-order chi connectivity index (χ1) is 7.67. The third-order valence-electron chi connectivity index (χ3n) is 2.63. The molecule has 4 nitrogen and oxygen atoms in total. The fourth-order valence-electron chi connectivity index (χ4n) is 1.74. The number of rotatable bonds is 10. The van der Waals surface area contributed by atoms with Gasteiger partial charge in [-0.05, 0) is 12.8 Å². The smallest absolute Gasteiger partial charge is 0.326 e. The van der Waals surface area contributed by atoms with Gasteiger partial charge in [0.15, 0.2) is 0 Å². The number of carboxylic acid groups (broad SMARTS) is 1. The number of nitrogens with zero attached hydrogens (tertiary/aromatic N) is 1. The first kappa shape index (κ1) is 14.9. The van der Waals surface area contributed by atoms with Gasteiger partial charge in [0.25, 0.3) is 0 Å². The molecule has 0 aromatic rings. The largest absolute Gasteiger partial charge is 0.480 e. The summed E-state index contributed by atoms with van der Waals surface area (Å²) in [4.78, 5) is 23.2. The molecule has 0 aliphatic heterocycles. The van der Waals surface area contributed by atoms with Crippen molar-refractivity contribution in [1.29, 1.82) is 0 Å². The Hall–Kier alpha value is -1.06. The first-order valence-electron chi connectivity index (χ1n) is 6.11. The van der Waals surface area contributed by atoms with Gasteiger partial charge in [0.2, 0.25) is 6.41 Å². The molecule has 0 spiro atoms. The molecule has 0 aromatic heterocycles. The van der Waals surface area contributed by atoms with Gasteiger partial charge in [0.05, 0.1) is 0 Å². The molecule has 0 aliphatic carbocycles. The van der Waals surface area contributed by atoms with Gasteiger partial charge >= 0.3 is 5.97 Å². The Labute approximate surface area is 97.6 Å². The minimum Gasteiger partial charge on any atom is -0.480 e. The normalized spacial score (nSPS) is 12.1. The minimum atomic E-state index is -0.892. The Morgan fingerprint density at radius 2 is 1.94 bits per heavy atom. The molecule has 0 heterocycles. The number of amides is 1. The van der Waals surface area contributed by atoms with E-state index in [4.69, 9.17) is 5.11 Å². The second kappa shape index (κ2) is 9.19. The Bertz CT molecular complexity index is 206. The summed E-state index contributed by atoms with van der Waals surface area (Å²) < 4.78 is 0. The highest BCUT2D eigenvalue weighted by atomic mass is 16.4. The lowest BCUT2D eigenvalue weighted by Gasteiger charge is -2.24. The van der Waals surface area contributed by atoms with E-state index in [9.17, 15) is 9.59 Å². The lowest BCUT2D eigenvalue weighted by atomic mass is 10.1.